The molecule has 0 aliphatic carbocycles. The zero-order chi connectivity index (χ0) is 31.4. The van der Waals surface area contributed by atoms with E-state index >= 15 is 0 Å². The Labute approximate surface area is 229 Å². The first kappa shape index (κ1) is 30.6. The summed E-state index contributed by atoms with van der Waals surface area (Å²) in [7, 11) is 0. The van der Waals surface area contributed by atoms with E-state index in [9.17, 15) is 52.7 Å². The van der Waals surface area contributed by atoms with Crippen molar-refractivity contribution in [3.8, 4) is 33.4 Å². The third kappa shape index (κ3) is 6.26. The average Bonchev–Trinajstić information content (AvgIpc) is 2.86. The molecule has 4 aromatic rings. The number of hydrogen-bond acceptors (Lipinski definition) is 2. The van der Waals surface area contributed by atoms with Crippen LogP contribution in [0.2, 0.25) is 0 Å². The van der Waals surface area contributed by atoms with Gasteiger partial charge in [0.1, 0.15) is 0 Å². The van der Waals surface area contributed by atoms with Gasteiger partial charge in [-0.3, -0.25) is 0 Å². The molecule has 0 radical (unpaired) electrons. The summed E-state index contributed by atoms with van der Waals surface area (Å²) in [6.07, 6.45) is -20.7. The quantitative estimate of drug-likeness (QED) is 0.180. The first-order chi connectivity index (χ1) is 19.2. The van der Waals surface area contributed by atoms with E-state index in [0.717, 1.165) is 42.5 Å². The van der Waals surface area contributed by atoms with E-state index in [0.29, 0.717) is 12.1 Å². The van der Waals surface area contributed by atoms with Crippen molar-refractivity contribution in [3.05, 3.63) is 95.1 Å². The zero-order valence-corrected chi connectivity index (χ0v) is 20.6. The smallest absolute Gasteiger partial charge is 0.399 e. The molecule has 0 aliphatic rings. The largest absolute Gasteiger partial charge is 0.417 e. The van der Waals surface area contributed by atoms with Crippen LogP contribution in [0.4, 0.5) is 64.1 Å². The van der Waals surface area contributed by atoms with Gasteiger partial charge in [0.15, 0.2) is 0 Å². The molecule has 14 heteroatoms. The topological polar surface area (TPSA) is 52.0 Å². The van der Waals surface area contributed by atoms with Crippen molar-refractivity contribution in [2.24, 2.45) is 0 Å². The minimum Gasteiger partial charge on any atom is -0.399 e. The van der Waals surface area contributed by atoms with E-state index in [1.807, 2.05) is 0 Å². The molecule has 42 heavy (non-hydrogen) atoms. The fraction of sp³-hybridized carbons (Fsp3) is 0.143. The summed E-state index contributed by atoms with van der Waals surface area (Å²) in [4.78, 5) is 0. The number of anilines is 2. The number of nitrogens with two attached hydrogens (primary N) is 2. The van der Waals surface area contributed by atoms with Crippen LogP contribution in [-0.2, 0) is 24.7 Å². The number of nitrogen functional groups attached to an aromatic ring is 2. The SMILES string of the molecule is Nc1ccc(-c2ccc(-c3ccc(N)cc3C(F)(F)F)c(-c3cc(C(F)(F)F)cc(C(F)(F)F)c3)c2)c(C(F)(F)F)c1. The second kappa shape index (κ2) is 10.2. The maximum Gasteiger partial charge on any atom is 0.417 e. The second-order valence-corrected chi connectivity index (χ2v) is 9.16. The lowest BCUT2D eigenvalue weighted by Crippen LogP contribution is -2.11. The van der Waals surface area contributed by atoms with E-state index < -0.39 is 74.8 Å². The highest BCUT2D eigenvalue weighted by atomic mass is 19.4. The number of benzene rings is 4. The summed E-state index contributed by atoms with van der Waals surface area (Å²) in [6.45, 7) is 0. The average molecular weight is 608 g/mol. The van der Waals surface area contributed by atoms with Crippen molar-refractivity contribution in [1.29, 1.82) is 0 Å². The lowest BCUT2D eigenvalue weighted by atomic mass is 9.87. The Bertz CT molecular complexity index is 1610. The molecule has 222 valence electrons. The molecule has 0 spiro atoms. The van der Waals surface area contributed by atoms with Crippen molar-refractivity contribution in [2.75, 3.05) is 11.5 Å². The maximum atomic E-state index is 14.0. The van der Waals surface area contributed by atoms with Gasteiger partial charge in [0.05, 0.1) is 22.3 Å². The Hall–Kier alpha value is -4.36. The van der Waals surface area contributed by atoms with E-state index in [4.69, 9.17) is 11.5 Å². The third-order valence-corrected chi connectivity index (χ3v) is 6.22. The van der Waals surface area contributed by atoms with Gasteiger partial charge in [0.2, 0.25) is 0 Å². The molecule has 0 saturated heterocycles. The summed E-state index contributed by atoms with van der Waals surface area (Å²) in [5.41, 5.74) is 0.500. The van der Waals surface area contributed by atoms with Crippen LogP contribution in [0.3, 0.4) is 0 Å². The van der Waals surface area contributed by atoms with Crippen LogP contribution < -0.4 is 11.5 Å². The molecule has 4 aromatic carbocycles. The molecule has 2 nitrogen and oxygen atoms in total. The second-order valence-electron chi connectivity index (χ2n) is 9.16. The Balaban J connectivity index is 2.14. The van der Waals surface area contributed by atoms with Crippen LogP contribution in [0, 0.1) is 0 Å². The normalized spacial score (nSPS) is 13.0. The maximum absolute atomic E-state index is 14.0. The Morgan fingerprint density at radius 1 is 0.357 bits per heavy atom. The molecule has 4 rings (SSSR count). The van der Waals surface area contributed by atoms with Crippen LogP contribution in [0.25, 0.3) is 33.4 Å². The number of hydrogen-bond donors (Lipinski definition) is 2. The molecular weight excluding hydrogens is 592 g/mol. The molecule has 0 saturated carbocycles. The predicted octanol–water partition coefficient (Wildman–Crippen LogP) is 9.93. The number of rotatable bonds is 3. The third-order valence-electron chi connectivity index (χ3n) is 6.22. The van der Waals surface area contributed by atoms with Crippen molar-refractivity contribution in [3.63, 3.8) is 0 Å². The number of alkyl halides is 12. The van der Waals surface area contributed by atoms with Crippen molar-refractivity contribution >= 4 is 11.4 Å². The van der Waals surface area contributed by atoms with Gasteiger partial charge in [0.25, 0.3) is 0 Å². The van der Waals surface area contributed by atoms with Crippen LogP contribution in [0.15, 0.2) is 72.8 Å². The summed E-state index contributed by atoms with van der Waals surface area (Å²) in [5, 5.41) is 0. The molecule has 4 N–H and O–H groups in total. The van der Waals surface area contributed by atoms with Gasteiger partial charge in [-0.15, -0.1) is 0 Å². The molecule has 0 unspecified atom stereocenters. The van der Waals surface area contributed by atoms with Gasteiger partial charge in [-0.05, 0) is 81.9 Å². The molecular formula is C28H16F12N2. The van der Waals surface area contributed by atoms with Gasteiger partial charge in [-0.25, -0.2) is 0 Å². The Kier molecular flexibility index (Phi) is 7.41. The fourth-order valence-corrected chi connectivity index (χ4v) is 4.38. The monoisotopic (exact) mass is 608 g/mol. The highest BCUT2D eigenvalue weighted by Crippen LogP contribution is 2.46. The lowest BCUT2D eigenvalue weighted by molar-refractivity contribution is -0.143. The minimum atomic E-state index is -5.31. The fourth-order valence-electron chi connectivity index (χ4n) is 4.38. The lowest BCUT2D eigenvalue weighted by Gasteiger charge is -2.21. The molecule has 0 aliphatic heterocycles. The summed E-state index contributed by atoms with van der Waals surface area (Å²) in [5.74, 6) is 0. The van der Waals surface area contributed by atoms with Gasteiger partial charge in [-0.2, -0.15) is 52.7 Å². The minimum absolute atomic E-state index is 0.181. The molecule has 0 aromatic heterocycles. The molecule has 0 amide bonds. The predicted molar refractivity (Wildman–Crippen MR) is 132 cm³/mol. The van der Waals surface area contributed by atoms with Gasteiger partial charge >= 0.3 is 24.7 Å². The Morgan fingerprint density at radius 3 is 1.24 bits per heavy atom. The van der Waals surface area contributed by atoms with E-state index in [2.05, 4.69) is 0 Å². The summed E-state index contributed by atoms with van der Waals surface area (Å²) >= 11 is 0. The standard InChI is InChI=1S/C28H16F12N2/c29-25(30,31)15-7-14(8-16(10-15)26(32,33)34)22-9-13(19-5-2-17(41)11-23(19)27(35,36)37)1-4-20(22)21-6-3-18(42)12-24(21)28(38,39)40/h1-12H,41-42H2. The van der Waals surface area contributed by atoms with Crippen LogP contribution in [0.1, 0.15) is 22.3 Å². The number of halogens is 12. The highest BCUT2D eigenvalue weighted by molar-refractivity contribution is 5.90. The zero-order valence-electron chi connectivity index (χ0n) is 20.6. The van der Waals surface area contributed by atoms with Gasteiger partial charge in [-0.1, -0.05) is 24.3 Å². The van der Waals surface area contributed by atoms with Crippen LogP contribution >= 0.6 is 0 Å². The van der Waals surface area contributed by atoms with Crippen LogP contribution in [-0.4, -0.2) is 0 Å². The first-order valence-electron chi connectivity index (χ1n) is 11.5. The van der Waals surface area contributed by atoms with Crippen molar-refractivity contribution in [1.82, 2.24) is 0 Å². The van der Waals surface area contributed by atoms with E-state index in [1.54, 1.807) is 0 Å². The van der Waals surface area contributed by atoms with E-state index in [-0.39, 0.29) is 35.1 Å². The Morgan fingerprint density at radius 2 is 0.786 bits per heavy atom. The summed E-state index contributed by atoms with van der Waals surface area (Å²) < 4.78 is 165. The van der Waals surface area contributed by atoms with Gasteiger partial charge in [0, 0.05) is 11.4 Å². The molecule has 0 heterocycles. The highest BCUT2D eigenvalue weighted by Gasteiger charge is 2.39. The van der Waals surface area contributed by atoms with Crippen molar-refractivity contribution < 1.29 is 52.7 Å². The van der Waals surface area contributed by atoms with E-state index in [1.165, 1.54) is 0 Å². The first-order valence-corrected chi connectivity index (χ1v) is 11.5. The van der Waals surface area contributed by atoms with Gasteiger partial charge < -0.3 is 11.5 Å². The van der Waals surface area contributed by atoms with Crippen LogP contribution in [0.5, 0.6) is 0 Å². The summed E-state index contributed by atoms with van der Waals surface area (Å²) in [6, 6.07) is 7.98. The molecule has 0 atom stereocenters. The molecule has 0 bridgehead atoms. The van der Waals surface area contributed by atoms with Crippen molar-refractivity contribution in [2.45, 2.75) is 24.7 Å². The molecule has 0 fully saturated rings.